The number of rotatable bonds is 4. The molecule has 1 atom stereocenters. The summed E-state index contributed by atoms with van der Waals surface area (Å²) in [5.74, 6) is 1.68. The third-order valence-electron chi connectivity index (χ3n) is 3.56. The summed E-state index contributed by atoms with van der Waals surface area (Å²) < 4.78 is 5.16. The molecule has 1 aromatic rings. The van der Waals surface area contributed by atoms with Crippen molar-refractivity contribution in [3.63, 3.8) is 0 Å². The zero-order valence-corrected chi connectivity index (χ0v) is 12.4. The lowest BCUT2D eigenvalue weighted by Gasteiger charge is -2.16. The fourth-order valence-corrected chi connectivity index (χ4v) is 3.92. The number of methoxy groups -OCH3 is 1. The highest BCUT2D eigenvalue weighted by molar-refractivity contribution is 9.09. The van der Waals surface area contributed by atoms with Crippen LogP contribution in [-0.2, 0) is 0 Å². The van der Waals surface area contributed by atoms with Gasteiger partial charge in [0.2, 0.25) is 0 Å². The van der Waals surface area contributed by atoms with E-state index >= 15 is 0 Å². The van der Waals surface area contributed by atoms with E-state index in [1.165, 1.54) is 37.7 Å². The minimum absolute atomic E-state index is 0.365. The van der Waals surface area contributed by atoms with Crippen LogP contribution in [0.4, 0.5) is 0 Å². The third kappa shape index (κ3) is 3.38. The van der Waals surface area contributed by atoms with Gasteiger partial charge in [-0.1, -0.05) is 59.3 Å². The molecule has 1 aliphatic carbocycles. The molecule has 1 aromatic carbocycles. The van der Waals surface area contributed by atoms with E-state index in [1.54, 1.807) is 7.11 Å². The summed E-state index contributed by atoms with van der Waals surface area (Å²) in [6.07, 6.45) is 6.71. The van der Waals surface area contributed by atoms with Gasteiger partial charge in [0.25, 0.3) is 0 Å². The minimum Gasteiger partial charge on any atom is -0.497 e. The van der Waals surface area contributed by atoms with Gasteiger partial charge < -0.3 is 4.74 Å². The topological polar surface area (TPSA) is 9.23 Å². The van der Waals surface area contributed by atoms with E-state index < -0.39 is 0 Å². The van der Waals surface area contributed by atoms with Crippen LogP contribution in [0, 0.1) is 5.92 Å². The Morgan fingerprint density at radius 1 is 1.41 bits per heavy atom. The quantitative estimate of drug-likeness (QED) is 0.679. The Morgan fingerprint density at radius 3 is 2.71 bits per heavy atom. The molecule has 1 unspecified atom stereocenters. The van der Waals surface area contributed by atoms with Crippen molar-refractivity contribution in [1.82, 2.24) is 0 Å². The second-order valence-corrected chi connectivity index (χ2v) is 6.25. The van der Waals surface area contributed by atoms with Gasteiger partial charge in [-0.2, -0.15) is 0 Å². The van der Waals surface area contributed by atoms with Crippen LogP contribution in [0.25, 0.3) is 0 Å². The molecule has 1 aliphatic rings. The van der Waals surface area contributed by atoms with Gasteiger partial charge in [-0.25, -0.2) is 0 Å². The molecule has 1 fully saturated rings. The summed E-state index contributed by atoms with van der Waals surface area (Å²) in [5.41, 5.74) is 1.18. The highest BCUT2D eigenvalue weighted by Crippen LogP contribution is 2.40. The molecule has 0 N–H and O–H groups in total. The van der Waals surface area contributed by atoms with Crippen molar-refractivity contribution in [1.29, 1.82) is 0 Å². The molecule has 3 heteroatoms. The second kappa shape index (κ2) is 6.10. The van der Waals surface area contributed by atoms with E-state index in [-0.39, 0.29) is 0 Å². The molecule has 1 nitrogen and oxygen atoms in total. The molecule has 0 amide bonds. The number of hydrogen-bond acceptors (Lipinski definition) is 1. The van der Waals surface area contributed by atoms with Crippen molar-refractivity contribution in [3.05, 3.63) is 28.8 Å². The smallest absolute Gasteiger partial charge is 0.120 e. The van der Waals surface area contributed by atoms with Crippen LogP contribution in [0.3, 0.4) is 0 Å². The average Bonchev–Trinajstić information content (AvgIpc) is 2.81. The number of hydrogen-bond donors (Lipinski definition) is 0. The van der Waals surface area contributed by atoms with Crippen LogP contribution >= 0.6 is 27.5 Å². The first-order valence-corrected chi connectivity index (χ1v) is 7.47. The van der Waals surface area contributed by atoms with Crippen molar-refractivity contribution in [2.45, 2.75) is 36.9 Å². The van der Waals surface area contributed by atoms with E-state index in [9.17, 15) is 0 Å². The Morgan fingerprint density at radius 2 is 2.12 bits per heavy atom. The number of alkyl halides is 1. The molecule has 0 aromatic heterocycles. The lowest BCUT2D eigenvalue weighted by molar-refractivity contribution is 0.414. The zero-order chi connectivity index (χ0) is 12.3. The maximum atomic E-state index is 6.28. The predicted octanol–water partition coefficient (Wildman–Crippen LogP) is 5.36. The van der Waals surface area contributed by atoms with E-state index in [0.717, 1.165) is 16.7 Å². The van der Waals surface area contributed by atoms with Crippen molar-refractivity contribution in [2.24, 2.45) is 5.92 Å². The molecule has 0 heterocycles. The predicted molar refractivity (Wildman–Crippen MR) is 76.2 cm³/mol. The molecule has 0 spiro atoms. The van der Waals surface area contributed by atoms with Gasteiger partial charge in [0.15, 0.2) is 0 Å². The van der Waals surface area contributed by atoms with Gasteiger partial charge in [0, 0.05) is 9.85 Å². The van der Waals surface area contributed by atoms with Gasteiger partial charge in [0.1, 0.15) is 5.75 Å². The first-order valence-electron chi connectivity index (χ1n) is 6.18. The van der Waals surface area contributed by atoms with Gasteiger partial charge in [-0.3, -0.25) is 0 Å². The molecule has 2 rings (SSSR count). The molecule has 0 bridgehead atoms. The van der Waals surface area contributed by atoms with Crippen molar-refractivity contribution >= 4 is 27.5 Å². The van der Waals surface area contributed by atoms with Crippen LogP contribution in [0.1, 0.15) is 42.5 Å². The standard InChI is InChI=1S/C14H18BrClO/c1-17-11-6-7-12(14(16)9-11)13(15)8-10-4-2-3-5-10/h6-7,9-10,13H,2-5,8H2,1H3. The largest absolute Gasteiger partial charge is 0.497 e. The molecule has 17 heavy (non-hydrogen) atoms. The molecule has 0 saturated heterocycles. The summed E-state index contributed by atoms with van der Waals surface area (Å²) in [6, 6.07) is 5.93. The van der Waals surface area contributed by atoms with Crippen LogP contribution in [0.15, 0.2) is 18.2 Å². The highest BCUT2D eigenvalue weighted by Gasteiger charge is 2.21. The Hall–Kier alpha value is -0.210. The van der Waals surface area contributed by atoms with Crippen LogP contribution < -0.4 is 4.74 Å². The van der Waals surface area contributed by atoms with E-state index in [2.05, 4.69) is 22.0 Å². The lowest BCUT2D eigenvalue weighted by atomic mass is 9.98. The first-order chi connectivity index (χ1) is 8.20. The number of benzene rings is 1. The molecular weight excluding hydrogens is 300 g/mol. The zero-order valence-electron chi connectivity index (χ0n) is 10.1. The van der Waals surface area contributed by atoms with Crippen molar-refractivity contribution < 1.29 is 4.74 Å². The SMILES string of the molecule is COc1ccc(C(Br)CC2CCCC2)c(Cl)c1. The number of halogens is 2. The van der Waals surface area contributed by atoms with Crippen LogP contribution in [0.5, 0.6) is 5.75 Å². The van der Waals surface area contributed by atoms with Crippen molar-refractivity contribution in [3.8, 4) is 5.75 Å². The van der Waals surface area contributed by atoms with Crippen LogP contribution in [0.2, 0.25) is 5.02 Å². The second-order valence-electron chi connectivity index (χ2n) is 4.74. The Bertz CT molecular complexity index is 374. The van der Waals surface area contributed by atoms with Gasteiger partial charge in [-0.05, 0) is 30.0 Å². The summed E-state index contributed by atoms with van der Waals surface area (Å²) in [5, 5.41) is 0.796. The maximum Gasteiger partial charge on any atom is 0.120 e. The molecule has 0 radical (unpaired) electrons. The lowest BCUT2D eigenvalue weighted by Crippen LogP contribution is -2.00. The van der Waals surface area contributed by atoms with E-state index in [0.29, 0.717) is 4.83 Å². The molecule has 0 aliphatic heterocycles. The third-order valence-corrected chi connectivity index (χ3v) is 4.75. The minimum atomic E-state index is 0.365. The molecule has 94 valence electrons. The average molecular weight is 318 g/mol. The Labute approximate surface area is 117 Å². The first kappa shape index (κ1) is 13.2. The van der Waals surface area contributed by atoms with E-state index in [4.69, 9.17) is 16.3 Å². The van der Waals surface area contributed by atoms with E-state index in [1.807, 2.05) is 12.1 Å². The van der Waals surface area contributed by atoms with Gasteiger partial charge >= 0.3 is 0 Å². The Kier molecular flexibility index (Phi) is 4.75. The van der Waals surface area contributed by atoms with Gasteiger partial charge in [-0.15, -0.1) is 0 Å². The van der Waals surface area contributed by atoms with Gasteiger partial charge in [0.05, 0.1) is 7.11 Å². The normalized spacial score (nSPS) is 18.3. The Balaban J connectivity index is 2.04. The number of ether oxygens (including phenoxy) is 1. The van der Waals surface area contributed by atoms with Crippen LogP contribution in [-0.4, -0.2) is 7.11 Å². The summed E-state index contributed by atoms with van der Waals surface area (Å²) in [6.45, 7) is 0. The highest BCUT2D eigenvalue weighted by atomic mass is 79.9. The maximum absolute atomic E-state index is 6.28. The fourth-order valence-electron chi connectivity index (χ4n) is 2.55. The summed E-state index contributed by atoms with van der Waals surface area (Å²) in [4.78, 5) is 0.365. The molecule has 1 saturated carbocycles. The fraction of sp³-hybridized carbons (Fsp3) is 0.571. The summed E-state index contributed by atoms with van der Waals surface area (Å²) in [7, 11) is 1.66. The van der Waals surface area contributed by atoms with Crippen molar-refractivity contribution in [2.75, 3.05) is 7.11 Å². The molecular formula is C14H18BrClO. The monoisotopic (exact) mass is 316 g/mol. The summed E-state index contributed by atoms with van der Waals surface area (Å²) >= 11 is 10.0.